The Morgan fingerprint density at radius 1 is 1.20 bits per heavy atom. The van der Waals surface area contributed by atoms with Crippen LogP contribution in [0.25, 0.3) is 0 Å². The topological polar surface area (TPSA) is 85.8 Å². The minimum atomic E-state index is -3.61. The van der Waals surface area contributed by atoms with Crippen LogP contribution in [0.2, 0.25) is 0 Å². The fourth-order valence-corrected chi connectivity index (χ4v) is 5.27. The van der Waals surface area contributed by atoms with Gasteiger partial charge in [-0.25, -0.2) is 18.1 Å². The van der Waals surface area contributed by atoms with Crippen LogP contribution in [-0.4, -0.2) is 57.0 Å². The summed E-state index contributed by atoms with van der Waals surface area (Å²) >= 11 is 0. The van der Waals surface area contributed by atoms with Gasteiger partial charge in [-0.3, -0.25) is 4.90 Å². The van der Waals surface area contributed by atoms with Crippen molar-refractivity contribution in [3.63, 3.8) is 0 Å². The Balaban J connectivity index is 0.00000450. The number of hydrogen-bond donors (Lipinski definition) is 3. The molecule has 1 aliphatic heterocycles. The summed E-state index contributed by atoms with van der Waals surface area (Å²) in [5.74, 6) is 0.714. The fraction of sp³-hybridized carbons (Fsp3) is 0.667. The molecule has 172 valence electrons. The molecule has 0 saturated carbocycles. The van der Waals surface area contributed by atoms with E-state index in [9.17, 15) is 8.42 Å². The fourth-order valence-electron chi connectivity index (χ4n) is 3.62. The Bertz CT molecular complexity index is 793. The van der Waals surface area contributed by atoms with Crippen molar-refractivity contribution in [3.8, 4) is 0 Å². The third kappa shape index (κ3) is 8.32. The van der Waals surface area contributed by atoms with Gasteiger partial charge in [0.05, 0.1) is 11.4 Å². The molecular weight excluding hydrogens is 513 g/mol. The number of rotatable bonds is 8. The molecule has 1 fully saturated rings. The van der Waals surface area contributed by atoms with Crippen molar-refractivity contribution in [2.24, 2.45) is 4.99 Å². The molecule has 1 aromatic carbocycles. The summed E-state index contributed by atoms with van der Waals surface area (Å²) < 4.78 is 28.3. The summed E-state index contributed by atoms with van der Waals surface area (Å²) in [6, 6.07) is 7.57. The number of aliphatic imine (C=N–C) groups is 1. The van der Waals surface area contributed by atoms with E-state index in [-0.39, 0.29) is 28.9 Å². The number of nitrogens with zero attached hydrogens (tertiary/aromatic N) is 2. The van der Waals surface area contributed by atoms with E-state index in [2.05, 4.69) is 32.2 Å². The first-order valence-electron chi connectivity index (χ1n) is 10.5. The molecule has 3 N–H and O–H groups in total. The van der Waals surface area contributed by atoms with E-state index in [1.807, 2.05) is 39.8 Å². The highest BCUT2D eigenvalue weighted by Crippen LogP contribution is 2.19. The van der Waals surface area contributed by atoms with E-state index < -0.39 is 15.6 Å². The van der Waals surface area contributed by atoms with Gasteiger partial charge in [0.2, 0.25) is 10.0 Å². The second-order valence-corrected chi connectivity index (χ2v) is 10.1. The maximum Gasteiger partial charge on any atom is 0.241 e. The third-order valence-corrected chi connectivity index (χ3v) is 6.72. The van der Waals surface area contributed by atoms with E-state index in [1.54, 1.807) is 12.1 Å². The summed E-state index contributed by atoms with van der Waals surface area (Å²) in [5.41, 5.74) is 0.135. The Morgan fingerprint density at radius 3 is 2.53 bits per heavy atom. The molecule has 1 atom stereocenters. The number of hydrogen-bond acceptors (Lipinski definition) is 4. The van der Waals surface area contributed by atoms with Gasteiger partial charge in [0.25, 0.3) is 0 Å². The molecule has 1 aromatic rings. The van der Waals surface area contributed by atoms with Crippen molar-refractivity contribution in [1.82, 2.24) is 20.3 Å². The highest BCUT2D eigenvalue weighted by atomic mass is 127. The van der Waals surface area contributed by atoms with Crippen molar-refractivity contribution in [2.45, 2.75) is 70.5 Å². The lowest BCUT2D eigenvalue weighted by atomic mass is 10.1. The zero-order chi connectivity index (χ0) is 21.5. The number of halogens is 1. The van der Waals surface area contributed by atoms with Gasteiger partial charge >= 0.3 is 0 Å². The van der Waals surface area contributed by atoms with Crippen LogP contribution in [0.15, 0.2) is 34.2 Å². The molecule has 1 aliphatic rings. The van der Waals surface area contributed by atoms with Crippen LogP contribution in [0.4, 0.5) is 0 Å². The normalized spacial score (nSPS) is 18.2. The summed E-state index contributed by atoms with van der Waals surface area (Å²) in [6.07, 6.45) is 2.43. The van der Waals surface area contributed by atoms with Gasteiger partial charge in [0.15, 0.2) is 5.96 Å². The maximum absolute atomic E-state index is 12.8. The predicted octanol–water partition coefficient (Wildman–Crippen LogP) is 2.92. The Kier molecular flexibility index (Phi) is 11.0. The lowest BCUT2D eigenvalue weighted by Gasteiger charge is -2.24. The largest absolute Gasteiger partial charge is 0.357 e. The maximum atomic E-state index is 12.8. The van der Waals surface area contributed by atoms with E-state index in [1.165, 1.54) is 12.8 Å². The molecule has 1 unspecified atom stereocenters. The minimum Gasteiger partial charge on any atom is -0.357 e. The molecular formula is C21H38IN5O2S. The first-order chi connectivity index (χ1) is 13.7. The highest BCUT2D eigenvalue weighted by Gasteiger charge is 2.25. The number of likely N-dealkylation sites (N-methyl/N-ethyl adjacent to an activating group) is 1. The summed E-state index contributed by atoms with van der Waals surface area (Å²) in [5, 5.41) is 6.69. The molecule has 0 bridgehead atoms. The molecule has 30 heavy (non-hydrogen) atoms. The van der Waals surface area contributed by atoms with Gasteiger partial charge in [0, 0.05) is 24.7 Å². The van der Waals surface area contributed by atoms with Crippen molar-refractivity contribution < 1.29 is 8.42 Å². The second-order valence-electron chi connectivity index (χ2n) is 8.46. The van der Waals surface area contributed by atoms with E-state index >= 15 is 0 Å². The Hall–Kier alpha value is -0.910. The minimum absolute atomic E-state index is 0. The molecule has 2 rings (SSSR count). The predicted molar refractivity (Wildman–Crippen MR) is 135 cm³/mol. The molecule has 0 aromatic heterocycles. The van der Waals surface area contributed by atoms with E-state index in [4.69, 9.17) is 0 Å². The van der Waals surface area contributed by atoms with Gasteiger partial charge < -0.3 is 10.6 Å². The Labute approximate surface area is 199 Å². The van der Waals surface area contributed by atoms with Gasteiger partial charge in [0.1, 0.15) is 0 Å². The van der Waals surface area contributed by atoms with Crippen LogP contribution in [0.5, 0.6) is 0 Å². The van der Waals surface area contributed by atoms with Crippen molar-refractivity contribution in [3.05, 3.63) is 29.8 Å². The molecule has 9 heteroatoms. The first-order valence-corrected chi connectivity index (χ1v) is 12.0. The van der Waals surface area contributed by atoms with Crippen LogP contribution < -0.4 is 15.4 Å². The van der Waals surface area contributed by atoms with E-state index in [0.29, 0.717) is 24.1 Å². The van der Waals surface area contributed by atoms with Gasteiger partial charge in [-0.2, -0.15) is 0 Å². The van der Waals surface area contributed by atoms with Gasteiger partial charge in [-0.05, 0) is 65.3 Å². The van der Waals surface area contributed by atoms with Crippen LogP contribution in [0.3, 0.4) is 0 Å². The lowest BCUT2D eigenvalue weighted by molar-refractivity contribution is 0.267. The number of benzene rings is 1. The zero-order valence-corrected chi connectivity index (χ0v) is 22.0. The second kappa shape index (κ2) is 12.2. The average Bonchev–Trinajstić information content (AvgIpc) is 3.10. The smallest absolute Gasteiger partial charge is 0.241 e. The number of sulfonamides is 1. The average molecular weight is 552 g/mol. The monoisotopic (exact) mass is 551 g/mol. The zero-order valence-electron chi connectivity index (χ0n) is 18.9. The van der Waals surface area contributed by atoms with E-state index in [0.717, 1.165) is 26.2 Å². The Morgan fingerprint density at radius 2 is 1.90 bits per heavy atom. The van der Waals surface area contributed by atoms with Crippen LogP contribution in [-0.2, 0) is 16.6 Å². The third-order valence-electron chi connectivity index (χ3n) is 4.86. The van der Waals surface area contributed by atoms with Crippen molar-refractivity contribution in [2.75, 3.05) is 26.2 Å². The van der Waals surface area contributed by atoms with Gasteiger partial charge in [-0.1, -0.05) is 25.1 Å². The highest BCUT2D eigenvalue weighted by molar-refractivity contribution is 14.0. The molecule has 7 nitrogen and oxygen atoms in total. The standard InChI is InChI=1S/C21H37N5O2S.HI/c1-6-22-20(24-16-18-12-10-14-26(18)7-2)23-15-17-11-8-9-13-19(17)29(27,28)25-21(3,4)5;/h8-9,11,13,18,25H,6-7,10,12,14-16H2,1-5H3,(H2,22,23,24);1H. The van der Waals surface area contributed by atoms with Crippen LogP contribution in [0.1, 0.15) is 53.0 Å². The number of guanidine groups is 1. The van der Waals surface area contributed by atoms with Gasteiger partial charge in [-0.15, -0.1) is 24.0 Å². The van der Waals surface area contributed by atoms with Crippen molar-refractivity contribution >= 4 is 40.0 Å². The molecule has 1 saturated heterocycles. The molecule has 0 amide bonds. The van der Waals surface area contributed by atoms with Crippen molar-refractivity contribution in [1.29, 1.82) is 0 Å². The van der Waals surface area contributed by atoms with Crippen LogP contribution in [0, 0.1) is 0 Å². The summed E-state index contributed by atoms with van der Waals surface area (Å²) in [4.78, 5) is 7.41. The summed E-state index contributed by atoms with van der Waals surface area (Å²) in [6.45, 7) is 13.8. The molecule has 0 spiro atoms. The quantitative estimate of drug-likeness (QED) is 0.263. The lowest BCUT2D eigenvalue weighted by Crippen LogP contribution is -2.44. The molecule has 1 heterocycles. The molecule has 0 radical (unpaired) electrons. The number of nitrogens with one attached hydrogen (secondary N) is 3. The first kappa shape index (κ1) is 27.1. The van der Waals surface area contributed by atoms with Crippen LogP contribution >= 0.6 is 24.0 Å². The molecule has 0 aliphatic carbocycles. The SMILES string of the molecule is CCNC(=NCc1ccccc1S(=O)(=O)NC(C)(C)C)NCC1CCCN1CC.I. The summed E-state index contributed by atoms with van der Waals surface area (Å²) in [7, 11) is -3.61. The number of likely N-dealkylation sites (tertiary alicyclic amines) is 1.